The second-order valence-corrected chi connectivity index (χ2v) is 6.74. The van der Waals surface area contributed by atoms with Crippen molar-refractivity contribution in [2.45, 2.75) is 56.7 Å². The summed E-state index contributed by atoms with van der Waals surface area (Å²) in [5.41, 5.74) is 5.60. The van der Waals surface area contributed by atoms with Gasteiger partial charge < -0.3 is 10.5 Å². The highest BCUT2D eigenvalue weighted by molar-refractivity contribution is 7.85. The van der Waals surface area contributed by atoms with Crippen LogP contribution in [-0.2, 0) is 15.5 Å². The van der Waals surface area contributed by atoms with Gasteiger partial charge in [0.2, 0.25) is 0 Å². The molecule has 94 valence electrons. The topological polar surface area (TPSA) is 52.3 Å². The Hall–Kier alpha value is 0.0700. The molecule has 2 fully saturated rings. The Bertz CT molecular complexity index is 251. The highest BCUT2D eigenvalue weighted by Crippen LogP contribution is 2.43. The van der Waals surface area contributed by atoms with E-state index in [1.807, 2.05) is 0 Å². The van der Waals surface area contributed by atoms with E-state index in [0.29, 0.717) is 6.54 Å². The van der Waals surface area contributed by atoms with Gasteiger partial charge in [0.25, 0.3) is 0 Å². The lowest BCUT2D eigenvalue weighted by Gasteiger charge is -2.23. The molecule has 2 N–H and O–H groups in total. The highest BCUT2D eigenvalue weighted by Gasteiger charge is 2.42. The molecule has 0 aromatic carbocycles. The van der Waals surface area contributed by atoms with Crippen molar-refractivity contribution in [3.63, 3.8) is 0 Å². The van der Waals surface area contributed by atoms with Crippen LogP contribution < -0.4 is 5.73 Å². The summed E-state index contributed by atoms with van der Waals surface area (Å²) in [5.74, 6) is 1.46. The second-order valence-electron chi connectivity index (χ2n) is 5.12. The normalized spacial score (nSPS) is 29.9. The van der Waals surface area contributed by atoms with E-state index >= 15 is 0 Å². The lowest BCUT2D eigenvalue weighted by Crippen LogP contribution is -2.27. The molecule has 0 radical (unpaired) electrons. The fourth-order valence-electron chi connectivity index (χ4n) is 2.93. The maximum absolute atomic E-state index is 11.7. The largest absolute Gasteiger partial charge is 0.371 e. The number of ether oxygens (including phenoxy) is 1. The van der Waals surface area contributed by atoms with E-state index < -0.39 is 10.8 Å². The zero-order valence-corrected chi connectivity index (χ0v) is 10.8. The van der Waals surface area contributed by atoms with Crippen molar-refractivity contribution >= 4 is 10.8 Å². The Morgan fingerprint density at radius 1 is 1.31 bits per heavy atom. The van der Waals surface area contributed by atoms with Gasteiger partial charge in [0, 0.05) is 22.3 Å². The van der Waals surface area contributed by atoms with Crippen LogP contribution in [0, 0.1) is 0 Å². The molecule has 1 saturated carbocycles. The quantitative estimate of drug-likeness (QED) is 0.800. The van der Waals surface area contributed by atoms with E-state index in [1.165, 1.54) is 32.1 Å². The molecule has 0 aromatic heterocycles. The molecule has 1 aliphatic carbocycles. The molecule has 2 atom stereocenters. The van der Waals surface area contributed by atoms with E-state index in [1.54, 1.807) is 0 Å². The van der Waals surface area contributed by atoms with Gasteiger partial charge in [-0.25, -0.2) is 0 Å². The van der Waals surface area contributed by atoms with Crippen molar-refractivity contribution in [2.75, 3.05) is 18.1 Å². The third-order valence-corrected chi connectivity index (χ3v) is 5.29. The summed E-state index contributed by atoms with van der Waals surface area (Å²) >= 11 is 0. The van der Waals surface area contributed by atoms with Gasteiger partial charge in [-0.2, -0.15) is 0 Å². The number of nitrogens with two attached hydrogens (primary N) is 1. The number of hydrogen-bond acceptors (Lipinski definition) is 3. The van der Waals surface area contributed by atoms with Crippen molar-refractivity contribution in [1.29, 1.82) is 0 Å². The molecule has 4 heteroatoms. The molecule has 3 nitrogen and oxygen atoms in total. The van der Waals surface area contributed by atoms with Crippen LogP contribution in [0.1, 0.15) is 44.9 Å². The van der Waals surface area contributed by atoms with Gasteiger partial charge in [0.1, 0.15) is 0 Å². The van der Waals surface area contributed by atoms with Crippen LogP contribution in [0.3, 0.4) is 0 Å². The summed E-state index contributed by atoms with van der Waals surface area (Å²) in [6.07, 6.45) is 8.46. The first-order valence-corrected chi connectivity index (χ1v) is 7.96. The first-order chi connectivity index (χ1) is 7.74. The average molecular weight is 245 g/mol. The summed E-state index contributed by atoms with van der Waals surface area (Å²) in [7, 11) is -0.732. The molecule has 1 spiro atoms. The summed E-state index contributed by atoms with van der Waals surface area (Å²) in [6, 6.07) is 0. The Balaban J connectivity index is 1.74. The van der Waals surface area contributed by atoms with Crippen LogP contribution in [-0.4, -0.2) is 34.0 Å². The van der Waals surface area contributed by atoms with E-state index in [-0.39, 0.29) is 11.7 Å². The summed E-state index contributed by atoms with van der Waals surface area (Å²) in [5, 5.41) is 0. The molecule has 2 aliphatic rings. The maximum atomic E-state index is 11.7. The van der Waals surface area contributed by atoms with Gasteiger partial charge in [0.05, 0.1) is 11.7 Å². The molecule has 16 heavy (non-hydrogen) atoms. The monoisotopic (exact) mass is 245 g/mol. The van der Waals surface area contributed by atoms with Crippen LogP contribution in [0.25, 0.3) is 0 Å². The molecule has 0 aromatic rings. The Morgan fingerprint density at radius 3 is 2.75 bits per heavy atom. The Labute approximate surface area is 101 Å². The number of rotatable bonds is 5. The van der Waals surface area contributed by atoms with Crippen LogP contribution in [0.2, 0.25) is 0 Å². The standard InChI is InChI=1S/C12H23NO2S/c13-8-3-9-16(14)10-11-4-7-12(15-11)5-1-2-6-12/h11H,1-10,13H2. The molecule has 1 aliphatic heterocycles. The van der Waals surface area contributed by atoms with Crippen LogP contribution in [0.5, 0.6) is 0 Å². The van der Waals surface area contributed by atoms with E-state index in [0.717, 1.165) is 24.3 Å². The van der Waals surface area contributed by atoms with Gasteiger partial charge in [-0.1, -0.05) is 12.8 Å². The van der Waals surface area contributed by atoms with Gasteiger partial charge in [-0.05, 0) is 38.6 Å². The SMILES string of the molecule is NCCCS(=O)CC1CCC2(CCCC2)O1. The van der Waals surface area contributed by atoms with Crippen LogP contribution in [0.15, 0.2) is 0 Å². The van der Waals surface area contributed by atoms with E-state index in [9.17, 15) is 4.21 Å². The molecule has 1 heterocycles. The lowest BCUT2D eigenvalue weighted by molar-refractivity contribution is -0.0270. The van der Waals surface area contributed by atoms with Gasteiger partial charge in [-0.15, -0.1) is 0 Å². The fourth-order valence-corrected chi connectivity index (χ4v) is 4.24. The molecule has 1 saturated heterocycles. The summed E-state index contributed by atoms with van der Waals surface area (Å²) in [6.45, 7) is 0.640. The first kappa shape index (κ1) is 12.5. The van der Waals surface area contributed by atoms with Crippen molar-refractivity contribution in [2.24, 2.45) is 5.73 Å². The van der Waals surface area contributed by atoms with Crippen molar-refractivity contribution in [3.8, 4) is 0 Å². The molecular weight excluding hydrogens is 222 g/mol. The van der Waals surface area contributed by atoms with Crippen LogP contribution in [0.4, 0.5) is 0 Å². The maximum Gasteiger partial charge on any atom is 0.0698 e. The molecule has 0 bridgehead atoms. The van der Waals surface area contributed by atoms with Crippen molar-refractivity contribution in [3.05, 3.63) is 0 Å². The molecule has 0 amide bonds. The summed E-state index contributed by atoms with van der Waals surface area (Å²) < 4.78 is 17.9. The van der Waals surface area contributed by atoms with Gasteiger partial charge in [-0.3, -0.25) is 4.21 Å². The Morgan fingerprint density at radius 2 is 2.06 bits per heavy atom. The zero-order chi connectivity index (χ0) is 11.4. The van der Waals surface area contributed by atoms with Crippen LogP contribution >= 0.6 is 0 Å². The first-order valence-electron chi connectivity index (χ1n) is 6.47. The average Bonchev–Trinajstić information content (AvgIpc) is 2.87. The van der Waals surface area contributed by atoms with Crippen molar-refractivity contribution in [1.82, 2.24) is 0 Å². The van der Waals surface area contributed by atoms with Crippen molar-refractivity contribution < 1.29 is 8.95 Å². The molecule has 2 unspecified atom stereocenters. The summed E-state index contributed by atoms with van der Waals surface area (Å²) in [4.78, 5) is 0. The third-order valence-electron chi connectivity index (χ3n) is 3.80. The highest BCUT2D eigenvalue weighted by atomic mass is 32.2. The molecular formula is C12H23NO2S. The van der Waals surface area contributed by atoms with Gasteiger partial charge in [0.15, 0.2) is 0 Å². The minimum absolute atomic E-state index is 0.183. The minimum atomic E-state index is -0.732. The minimum Gasteiger partial charge on any atom is -0.371 e. The number of hydrogen-bond donors (Lipinski definition) is 1. The molecule has 2 rings (SSSR count). The second kappa shape index (κ2) is 5.61. The third kappa shape index (κ3) is 3.05. The van der Waals surface area contributed by atoms with E-state index in [2.05, 4.69) is 0 Å². The predicted molar refractivity (Wildman–Crippen MR) is 66.9 cm³/mol. The van der Waals surface area contributed by atoms with Gasteiger partial charge >= 0.3 is 0 Å². The van der Waals surface area contributed by atoms with E-state index in [4.69, 9.17) is 10.5 Å². The zero-order valence-electron chi connectivity index (χ0n) is 9.95. The Kier molecular flexibility index (Phi) is 4.39. The lowest BCUT2D eigenvalue weighted by atomic mass is 9.98. The fraction of sp³-hybridized carbons (Fsp3) is 1.00. The smallest absolute Gasteiger partial charge is 0.0698 e. The predicted octanol–water partition coefficient (Wildman–Crippen LogP) is 1.58.